The molecular weight excluding hydrogens is 240 g/mol. The molecule has 1 amide bonds. The summed E-state index contributed by atoms with van der Waals surface area (Å²) in [5, 5.41) is 4.72. The van der Waals surface area contributed by atoms with Gasteiger partial charge in [-0.05, 0) is 14.0 Å². The summed E-state index contributed by atoms with van der Waals surface area (Å²) in [6.45, 7) is 3.37. The van der Waals surface area contributed by atoms with E-state index in [1.54, 1.807) is 36.1 Å². The Bertz CT molecular complexity index is 377. The molecule has 5 nitrogen and oxygen atoms in total. The third-order valence-electron chi connectivity index (χ3n) is 2.74. The van der Waals surface area contributed by atoms with Crippen LogP contribution in [0.3, 0.4) is 0 Å². The Balaban J connectivity index is 2.44. The number of nitrogens with zero attached hydrogens (tertiary/aromatic N) is 4. The van der Waals surface area contributed by atoms with Crippen molar-refractivity contribution in [2.24, 2.45) is 0 Å². The Kier molecular flexibility index (Phi) is 4.96. The van der Waals surface area contributed by atoms with E-state index in [0.717, 1.165) is 6.54 Å². The van der Waals surface area contributed by atoms with E-state index in [9.17, 15) is 4.79 Å². The van der Waals surface area contributed by atoms with Gasteiger partial charge in [0.25, 0.3) is 0 Å². The van der Waals surface area contributed by atoms with Crippen LogP contribution in [-0.4, -0.2) is 59.2 Å². The summed E-state index contributed by atoms with van der Waals surface area (Å²) in [4.78, 5) is 15.3. The van der Waals surface area contributed by atoms with Crippen LogP contribution in [0.5, 0.6) is 0 Å². The number of rotatable bonds is 5. The zero-order valence-corrected chi connectivity index (χ0v) is 11.5. The molecule has 1 aromatic heterocycles. The van der Waals surface area contributed by atoms with Gasteiger partial charge in [0.05, 0.1) is 23.8 Å². The highest BCUT2D eigenvalue weighted by Crippen LogP contribution is 2.05. The van der Waals surface area contributed by atoms with Gasteiger partial charge in [0, 0.05) is 26.8 Å². The van der Waals surface area contributed by atoms with Gasteiger partial charge in [0.15, 0.2) is 0 Å². The summed E-state index contributed by atoms with van der Waals surface area (Å²) in [5.41, 5.74) is 0. The molecule has 0 saturated heterocycles. The van der Waals surface area contributed by atoms with E-state index in [4.69, 9.17) is 11.6 Å². The molecule has 6 heteroatoms. The first-order valence-corrected chi connectivity index (χ1v) is 5.89. The number of halogens is 1. The van der Waals surface area contributed by atoms with Gasteiger partial charge >= 0.3 is 0 Å². The topological polar surface area (TPSA) is 41.4 Å². The molecule has 0 saturated carbocycles. The van der Waals surface area contributed by atoms with Crippen LogP contribution < -0.4 is 0 Å². The number of hydrogen-bond acceptors (Lipinski definition) is 3. The van der Waals surface area contributed by atoms with Crippen LogP contribution in [-0.2, 0) is 11.3 Å². The zero-order valence-electron chi connectivity index (χ0n) is 10.7. The molecule has 96 valence electrons. The molecule has 1 aromatic rings. The van der Waals surface area contributed by atoms with Crippen molar-refractivity contribution in [3.8, 4) is 0 Å². The monoisotopic (exact) mass is 258 g/mol. The van der Waals surface area contributed by atoms with Crippen LogP contribution in [0.15, 0.2) is 12.4 Å². The van der Waals surface area contributed by atoms with Gasteiger partial charge in [-0.25, -0.2) is 0 Å². The summed E-state index contributed by atoms with van der Waals surface area (Å²) < 4.78 is 1.77. The number of likely N-dealkylation sites (N-methyl/N-ethyl adjacent to an activating group) is 2. The fourth-order valence-electron chi connectivity index (χ4n) is 1.48. The van der Waals surface area contributed by atoms with Gasteiger partial charge < -0.3 is 4.90 Å². The fourth-order valence-corrected chi connectivity index (χ4v) is 1.63. The number of amides is 1. The lowest BCUT2D eigenvalue weighted by Crippen LogP contribution is -2.43. The molecule has 0 bridgehead atoms. The van der Waals surface area contributed by atoms with Crippen molar-refractivity contribution in [1.82, 2.24) is 19.6 Å². The van der Waals surface area contributed by atoms with E-state index in [1.807, 2.05) is 18.9 Å². The molecule has 1 heterocycles. The Labute approximate surface area is 107 Å². The highest BCUT2D eigenvalue weighted by atomic mass is 35.5. The molecule has 0 aliphatic rings. The number of carbonyl (C=O) groups excluding carboxylic acids is 1. The van der Waals surface area contributed by atoms with Crippen LogP contribution >= 0.6 is 11.6 Å². The quantitative estimate of drug-likeness (QED) is 0.790. The lowest BCUT2D eigenvalue weighted by atomic mass is 10.2. The highest BCUT2D eigenvalue weighted by molar-refractivity contribution is 6.30. The fraction of sp³-hybridized carbons (Fsp3) is 0.636. The SMILES string of the molecule is CC(C(=O)N(C)C)N(C)CCn1cc(Cl)cn1. The van der Waals surface area contributed by atoms with Gasteiger partial charge in [0.1, 0.15) is 0 Å². The standard InChI is InChI=1S/C11H19ClN4O/c1-9(11(17)14(2)3)15(4)5-6-16-8-10(12)7-13-16/h7-9H,5-6H2,1-4H3. The largest absolute Gasteiger partial charge is 0.347 e. The molecule has 0 aliphatic carbocycles. The minimum Gasteiger partial charge on any atom is -0.347 e. The van der Waals surface area contributed by atoms with Crippen molar-refractivity contribution < 1.29 is 4.79 Å². The molecule has 0 radical (unpaired) electrons. The average molecular weight is 259 g/mol. The number of hydrogen-bond donors (Lipinski definition) is 0. The minimum atomic E-state index is -0.129. The highest BCUT2D eigenvalue weighted by Gasteiger charge is 2.19. The van der Waals surface area contributed by atoms with Crippen LogP contribution in [0.1, 0.15) is 6.92 Å². The molecule has 1 unspecified atom stereocenters. The van der Waals surface area contributed by atoms with E-state index in [1.165, 1.54) is 0 Å². The van der Waals surface area contributed by atoms with E-state index in [2.05, 4.69) is 5.10 Å². The van der Waals surface area contributed by atoms with Crippen LogP contribution in [0.2, 0.25) is 5.02 Å². The van der Waals surface area contributed by atoms with E-state index in [-0.39, 0.29) is 11.9 Å². The molecular formula is C11H19ClN4O. The van der Waals surface area contributed by atoms with Crippen molar-refractivity contribution in [1.29, 1.82) is 0 Å². The predicted molar refractivity (Wildman–Crippen MR) is 68.0 cm³/mol. The molecule has 1 rings (SSSR count). The van der Waals surface area contributed by atoms with Crippen LogP contribution in [0.25, 0.3) is 0 Å². The Morgan fingerprint density at radius 1 is 1.53 bits per heavy atom. The van der Waals surface area contributed by atoms with Crippen LogP contribution in [0, 0.1) is 0 Å². The smallest absolute Gasteiger partial charge is 0.239 e. The Morgan fingerprint density at radius 3 is 2.65 bits per heavy atom. The zero-order chi connectivity index (χ0) is 13.0. The number of aromatic nitrogens is 2. The summed E-state index contributed by atoms with van der Waals surface area (Å²) in [5.74, 6) is 0.103. The van der Waals surface area contributed by atoms with Gasteiger partial charge in [-0.3, -0.25) is 14.4 Å². The van der Waals surface area contributed by atoms with Gasteiger partial charge in [-0.15, -0.1) is 0 Å². The summed E-state index contributed by atoms with van der Waals surface area (Å²) in [6.07, 6.45) is 3.38. The maximum atomic E-state index is 11.7. The third-order valence-corrected chi connectivity index (χ3v) is 2.94. The van der Waals surface area contributed by atoms with Gasteiger partial charge in [-0.2, -0.15) is 5.10 Å². The summed E-state index contributed by atoms with van der Waals surface area (Å²) in [7, 11) is 5.46. The predicted octanol–water partition coefficient (Wildman–Crippen LogP) is 0.945. The van der Waals surface area contributed by atoms with E-state index < -0.39 is 0 Å². The van der Waals surface area contributed by atoms with E-state index >= 15 is 0 Å². The second-order valence-corrected chi connectivity index (χ2v) is 4.75. The lowest BCUT2D eigenvalue weighted by Gasteiger charge is -2.26. The van der Waals surface area contributed by atoms with Gasteiger partial charge in [0.2, 0.25) is 5.91 Å². The van der Waals surface area contributed by atoms with Crippen molar-refractivity contribution in [2.45, 2.75) is 19.5 Å². The molecule has 0 fully saturated rings. The molecule has 0 aliphatic heterocycles. The van der Waals surface area contributed by atoms with Crippen LogP contribution in [0.4, 0.5) is 0 Å². The first-order valence-electron chi connectivity index (χ1n) is 5.51. The number of carbonyl (C=O) groups is 1. The Hall–Kier alpha value is -1.07. The minimum absolute atomic E-state index is 0.103. The maximum absolute atomic E-state index is 11.7. The molecule has 0 spiro atoms. The van der Waals surface area contributed by atoms with Crippen molar-refractivity contribution in [3.63, 3.8) is 0 Å². The molecule has 0 N–H and O–H groups in total. The normalized spacial score (nSPS) is 12.8. The second kappa shape index (κ2) is 6.02. The Morgan fingerprint density at radius 2 is 2.18 bits per heavy atom. The van der Waals surface area contributed by atoms with Gasteiger partial charge in [-0.1, -0.05) is 11.6 Å². The first kappa shape index (κ1) is 14.0. The molecule has 1 atom stereocenters. The maximum Gasteiger partial charge on any atom is 0.239 e. The first-order chi connectivity index (χ1) is 7.91. The second-order valence-electron chi connectivity index (χ2n) is 4.31. The molecule has 0 aromatic carbocycles. The lowest BCUT2D eigenvalue weighted by molar-refractivity contribution is -0.133. The van der Waals surface area contributed by atoms with Crippen molar-refractivity contribution >= 4 is 17.5 Å². The van der Waals surface area contributed by atoms with E-state index in [0.29, 0.717) is 11.6 Å². The molecule has 17 heavy (non-hydrogen) atoms. The summed E-state index contributed by atoms with van der Waals surface area (Å²) in [6, 6.07) is -0.129. The average Bonchev–Trinajstić information content (AvgIpc) is 2.69. The third kappa shape index (κ3) is 4.02. The van der Waals surface area contributed by atoms with Crippen molar-refractivity contribution in [3.05, 3.63) is 17.4 Å². The van der Waals surface area contributed by atoms with Crippen molar-refractivity contribution in [2.75, 3.05) is 27.7 Å². The summed E-state index contributed by atoms with van der Waals surface area (Å²) >= 11 is 5.77.